The van der Waals surface area contributed by atoms with Crippen LogP contribution >= 0.6 is 27.3 Å². The third-order valence-corrected chi connectivity index (χ3v) is 4.83. The molecule has 2 heteroatoms. The number of halogens is 1. The number of hydrogen-bond donors (Lipinski definition) is 0. The van der Waals surface area contributed by atoms with Crippen LogP contribution in [0.3, 0.4) is 0 Å². The van der Waals surface area contributed by atoms with Gasteiger partial charge in [-0.25, -0.2) is 0 Å². The normalized spacial score (nSPS) is 10.8. The molecular weight excluding hydrogens is 316 g/mol. The molecule has 2 aromatic carbocycles. The quantitative estimate of drug-likeness (QED) is 0.579. The minimum absolute atomic E-state index is 0.318. The molecule has 0 atom stereocenters. The molecule has 94 valence electrons. The van der Waals surface area contributed by atoms with Gasteiger partial charge in [0.1, 0.15) is 0 Å². The van der Waals surface area contributed by atoms with E-state index in [2.05, 4.69) is 88.7 Å². The third kappa shape index (κ3) is 2.80. The van der Waals surface area contributed by atoms with Crippen LogP contribution in [0, 0.1) is 0 Å². The van der Waals surface area contributed by atoms with E-state index >= 15 is 0 Å². The smallest absolute Gasteiger partial charge is 0.0701 e. The molecule has 0 saturated carbocycles. The highest BCUT2D eigenvalue weighted by molar-refractivity contribution is 9.11. The molecule has 0 saturated heterocycles. The van der Waals surface area contributed by atoms with E-state index in [1.165, 1.54) is 19.8 Å². The van der Waals surface area contributed by atoms with Crippen molar-refractivity contribution in [3.8, 4) is 0 Å². The summed E-state index contributed by atoms with van der Waals surface area (Å²) in [6.07, 6.45) is 0. The second-order valence-corrected chi connectivity index (χ2v) is 6.89. The molecule has 0 aliphatic rings. The average Bonchev–Trinajstić information content (AvgIpc) is 2.88. The summed E-state index contributed by atoms with van der Waals surface area (Å²) in [7, 11) is 0. The standard InChI is InChI=1S/C17H13BrS/c18-16-12-11-15(19-16)17(13-7-3-1-4-8-13)14-9-5-2-6-10-14/h1-12,17H. The Morgan fingerprint density at radius 3 is 1.63 bits per heavy atom. The van der Waals surface area contributed by atoms with E-state index in [1.54, 1.807) is 11.3 Å². The van der Waals surface area contributed by atoms with Gasteiger partial charge in [0, 0.05) is 10.8 Å². The molecule has 0 aliphatic heterocycles. The van der Waals surface area contributed by atoms with E-state index in [1.807, 2.05) is 0 Å². The van der Waals surface area contributed by atoms with Crippen LogP contribution in [0.4, 0.5) is 0 Å². The molecule has 0 nitrogen and oxygen atoms in total. The van der Waals surface area contributed by atoms with Crippen LogP contribution in [-0.4, -0.2) is 0 Å². The van der Waals surface area contributed by atoms with Crippen molar-refractivity contribution in [1.29, 1.82) is 0 Å². The maximum atomic E-state index is 3.56. The zero-order valence-electron chi connectivity index (χ0n) is 10.3. The maximum Gasteiger partial charge on any atom is 0.0701 e. The number of benzene rings is 2. The Morgan fingerprint density at radius 2 is 1.21 bits per heavy atom. The lowest BCUT2D eigenvalue weighted by molar-refractivity contribution is 1.01. The Bertz CT molecular complexity index is 604. The van der Waals surface area contributed by atoms with Crippen molar-refractivity contribution in [3.63, 3.8) is 0 Å². The summed E-state index contributed by atoms with van der Waals surface area (Å²) in [5.74, 6) is 0.318. The van der Waals surface area contributed by atoms with Crippen molar-refractivity contribution in [2.75, 3.05) is 0 Å². The van der Waals surface area contributed by atoms with E-state index in [0.717, 1.165) is 0 Å². The minimum atomic E-state index is 0.318. The summed E-state index contributed by atoms with van der Waals surface area (Å²) in [6, 6.07) is 25.7. The van der Waals surface area contributed by atoms with Crippen LogP contribution in [0.5, 0.6) is 0 Å². The molecule has 3 aromatic rings. The van der Waals surface area contributed by atoms with E-state index in [4.69, 9.17) is 0 Å². The van der Waals surface area contributed by atoms with Gasteiger partial charge in [-0.2, -0.15) is 0 Å². The fourth-order valence-electron chi connectivity index (χ4n) is 2.30. The summed E-state index contributed by atoms with van der Waals surface area (Å²) in [4.78, 5) is 1.37. The van der Waals surface area contributed by atoms with Gasteiger partial charge in [0.2, 0.25) is 0 Å². The Morgan fingerprint density at radius 1 is 0.684 bits per heavy atom. The van der Waals surface area contributed by atoms with Crippen LogP contribution < -0.4 is 0 Å². The van der Waals surface area contributed by atoms with Gasteiger partial charge < -0.3 is 0 Å². The van der Waals surface area contributed by atoms with Gasteiger partial charge in [0.25, 0.3) is 0 Å². The molecule has 0 bridgehead atoms. The van der Waals surface area contributed by atoms with Crippen molar-refractivity contribution in [2.45, 2.75) is 5.92 Å². The lowest BCUT2D eigenvalue weighted by Crippen LogP contribution is -2.00. The molecule has 0 unspecified atom stereocenters. The van der Waals surface area contributed by atoms with Gasteiger partial charge in [-0.15, -0.1) is 11.3 Å². The average molecular weight is 329 g/mol. The highest BCUT2D eigenvalue weighted by atomic mass is 79.9. The van der Waals surface area contributed by atoms with Crippen LogP contribution in [-0.2, 0) is 0 Å². The fourth-order valence-corrected chi connectivity index (χ4v) is 3.88. The molecule has 0 radical (unpaired) electrons. The molecule has 0 aliphatic carbocycles. The molecule has 1 aromatic heterocycles. The lowest BCUT2D eigenvalue weighted by atomic mass is 9.90. The monoisotopic (exact) mass is 328 g/mol. The number of hydrogen-bond acceptors (Lipinski definition) is 1. The first-order chi connectivity index (χ1) is 9.34. The van der Waals surface area contributed by atoms with E-state index in [0.29, 0.717) is 5.92 Å². The first-order valence-electron chi connectivity index (χ1n) is 6.20. The van der Waals surface area contributed by atoms with Crippen molar-refractivity contribution >= 4 is 27.3 Å². The van der Waals surface area contributed by atoms with E-state index < -0.39 is 0 Å². The van der Waals surface area contributed by atoms with Gasteiger partial charge in [-0.3, -0.25) is 0 Å². The van der Waals surface area contributed by atoms with Crippen molar-refractivity contribution in [2.24, 2.45) is 0 Å². The van der Waals surface area contributed by atoms with Gasteiger partial charge in [-0.05, 0) is 39.2 Å². The van der Waals surface area contributed by atoms with Crippen LogP contribution in [0.1, 0.15) is 21.9 Å². The topological polar surface area (TPSA) is 0 Å². The lowest BCUT2D eigenvalue weighted by Gasteiger charge is -2.16. The molecule has 0 amide bonds. The van der Waals surface area contributed by atoms with Gasteiger partial charge in [-0.1, -0.05) is 60.7 Å². The highest BCUT2D eigenvalue weighted by Crippen LogP contribution is 2.37. The molecule has 0 fully saturated rings. The molecule has 1 heterocycles. The molecule has 19 heavy (non-hydrogen) atoms. The van der Waals surface area contributed by atoms with Crippen molar-refractivity contribution in [3.05, 3.63) is 92.6 Å². The van der Waals surface area contributed by atoms with Crippen LogP contribution in [0.25, 0.3) is 0 Å². The molecule has 3 rings (SSSR count). The van der Waals surface area contributed by atoms with E-state index in [-0.39, 0.29) is 0 Å². The summed E-state index contributed by atoms with van der Waals surface area (Å²) in [5, 5.41) is 0. The van der Waals surface area contributed by atoms with Crippen molar-refractivity contribution in [1.82, 2.24) is 0 Å². The second kappa shape index (κ2) is 5.72. The largest absolute Gasteiger partial charge is 0.132 e. The van der Waals surface area contributed by atoms with Crippen LogP contribution in [0.2, 0.25) is 0 Å². The van der Waals surface area contributed by atoms with Gasteiger partial charge >= 0.3 is 0 Å². The first-order valence-corrected chi connectivity index (χ1v) is 7.80. The Balaban J connectivity index is 2.11. The summed E-state index contributed by atoms with van der Waals surface area (Å²) in [6.45, 7) is 0. The number of thiophene rings is 1. The summed E-state index contributed by atoms with van der Waals surface area (Å²) >= 11 is 5.37. The first kappa shape index (κ1) is 12.6. The van der Waals surface area contributed by atoms with Gasteiger partial charge in [0.05, 0.1) is 3.79 Å². The van der Waals surface area contributed by atoms with E-state index in [9.17, 15) is 0 Å². The predicted octanol–water partition coefficient (Wildman–Crippen LogP) is 5.69. The zero-order chi connectivity index (χ0) is 13.1. The third-order valence-electron chi connectivity index (χ3n) is 3.14. The Labute approximate surface area is 125 Å². The summed E-state index contributed by atoms with van der Waals surface area (Å²) < 4.78 is 1.18. The molecule has 0 spiro atoms. The second-order valence-electron chi connectivity index (χ2n) is 4.40. The summed E-state index contributed by atoms with van der Waals surface area (Å²) in [5.41, 5.74) is 2.67. The maximum absolute atomic E-state index is 3.56. The Kier molecular flexibility index (Phi) is 3.81. The minimum Gasteiger partial charge on any atom is -0.132 e. The zero-order valence-corrected chi connectivity index (χ0v) is 12.7. The Hall–Kier alpha value is -1.38. The predicted molar refractivity (Wildman–Crippen MR) is 85.8 cm³/mol. The van der Waals surface area contributed by atoms with Crippen LogP contribution in [0.15, 0.2) is 76.6 Å². The number of rotatable bonds is 3. The van der Waals surface area contributed by atoms with Gasteiger partial charge in [0.15, 0.2) is 0 Å². The SMILES string of the molecule is Brc1ccc(C(c2ccccc2)c2ccccc2)s1. The molecule has 0 N–H and O–H groups in total. The highest BCUT2D eigenvalue weighted by Gasteiger charge is 2.17. The van der Waals surface area contributed by atoms with Crippen molar-refractivity contribution < 1.29 is 0 Å². The fraction of sp³-hybridized carbons (Fsp3) is 0.0588. The molecular formula is C17H13BrS.